The number of aromatic nitrogens is 2. The van der Waals surface area contributed by atoms with Crippen LogP contribution in [0.4, 0.5) is 4.39 Å². The van der Waals surface area contributed by atoms with Gasteiger partial charge in [0.25, 0.3) is 0 Å². The summed E-state index contributed by atoms with van der Waals surface area (Å²) in [7, 11) is 0. The number of nitrogens with one attached hydrogen (secondary N) is 1. The second-order valence-corrected chi connectivity index (χ2v) is 6.58. The van der Waals surface area contributed by atoms with E-state index in [4.69, 9.17) is 4.74 Å². The molecular formula is C19H24FN3O2. The molecule has 0 saturated carbocycles. The van der Waals surface area contributed by atoms with Crippen LogP contribution < -0.4 is 4.74 Å². The van der Waals surface area contributed by atoms with Crippen LogP contribution in [0.2, 0.25) is 0 Å². The van der Waals surface area contributed by atoms with E-state index >= 15 is 0 Å². The summed E-state index contributed by atoms with van der Waals surface area (Å²) in [5.41, 5.74) is 1.13. The van der Waals surface area contributed by atoms with Gasteiger partial charge in [0.05, 0.1) is 12.8 Å². The molecule has 1 aliphatic rings. The van der Waals surface area contributed by atoms with Crippen molar-refractivity contribution >= 4 is 5.91 Å². The van der Waals surface area contributed by atoms with Crippen LogP contribution in [0.1, 0.15) is 31.2 Å². The van der Waals surface area contributed by atoms with Crippen LogP contribution in [0.25, 0.3) is 0 Å². The van der Waals surface area contributed by atoms with Crippen molar-refractivity contribution in [3.8, 4) is 5.75 Å². The van der Waals surface area contributed by atoms with Crippen LogP contribution in [0, 0.1) is 11.7 Å². The maximum absolute atomic E-state index is 13.2. The number of carbonyl (C=O) groups excluding carboxylic acids is 1. The molecule has 2 aromatic rings. The SMILES string of the molecule is O=C(CCCc1cn[nH]c1)N1CCC[C@H](COc2cccc(F)c2)C1. The minimum absolute atomic E-state index is 0.207. The molecule has 0 bridgehead atoms. The van der Waals surface area contributed by atoms with Crippen molar-refractivity contribution in [1.82, 2.24) is 15.1 Å². The molecule has 0 spiro atoms. The van der Waals surface area contributed by atoms with Crippen molar-refractivity contribution in [2.45, 2.75) is 32.1 Å². The first kappa shape index (κ1) is 17.5. The summed E-state index contributed by atoms with van der Waals surface area (Å²) in [5, 5.41) is 6.70. The Morgan fingerprint density at radius 3 is 3.16 bits per heavy atom. The highest BCUT2D eigenvalue weighted by atomic mass is 19.1. The molecule has 1 fully saturated rings. The fraction of sp³-hybridized carbons (Fsp3) is 0.474. The van der Waals surface area contributed by atoms with Gasteiger partial charge in [-0.3, -0.25) is 9.89 Å². The van der Waals surface area contributed by atoms with E-state index in [1.54, 1.807) is 18.3 Å². The number of rotatable bonds is 7. The van der Waals surface area contributed by atoms with Crippen molar-refractivity contribution in [2.24, 2.45) is 5.92 Å². The number of likely N-dealkylation sites (tertiary alicyclic amines) is 1. The van der Waals surface area contributed by atoms with E-state index in [1.165, 1.54) is 12.1 Å². The first-order valence-electron chi connectivity index (χ1n) is 8.84. The van der Waals surface area contributed by atoms with E-state index in [1.807, 2.05) is 11.1 Å². The molecule has 0 radical (unpaired) electrons. The van der Waals surface area contributed by atoms with Crippen molar-refractivity contribution < 1.29 is 13.9 Å². The van der Waals surface area contributed by atoms with Crippen molar-refractivity contribution in [3.05, 3.63) is 48.0 Å². The lowest BCUT2D eigenvalue weighted by Crippen LogP contribution is -2.41. The number of halogens is 1. The number of benzene rings is 1. The summed E-state index contributed by atoms with van der Waals surface area (Å²) >= 11 is 0. The molecule has 1 aromatic carbocycles. The van der Waals surface area contributed by atoms with Gasteiger partial charge in [0.15, 0.2) is 0 Å². The van der Waals surface area contributed by atoms with Gasteiger partial charge in [-0.25, -0.2) is 4.39 Å². The summed E-state index contributed by atoms with van der Waals surface area (Å²) in [4.78, 5) is 14.3. The minimum Gasteiger partial charge on any atom is -0.493 e. The quantitative estimate of drug-likeness (QED) is 0.838. The number of aromatic amines is 1. The zero-order valence-corrected chi connectivity index (χ0v) is 14.3. The van der Waals surface area contributed by atoms with Crippen molar-refractivity contribution in [1.29, 1.82) is 0 Å². The number of ether oxygens (including phenoxy) is 1. The van der Waals surface area contributed by atoms with Gasteiger partial charge in [-0.15, -0.1) is 0 Å². The number of carbonyl (C=O) groups is 1. The number of piperidine rings is 1. The maximum atomic E-state index is 13.2. The predicted molar refractivity (Wildman–Crippen MR) is 92.7 cm³/mol. The van der Waals surface area contributed by atoms with Crippen LogP contribution >= 0.6 is 0 Å². The lowest BCUT2D eigenvalue weighted by molar-refractivity contribution is -0.133. The molecule has 1 atom stereocenters. The zero-order chi connectivity index (χ0) is 17.5. The Bertz CT molecular complexity index is 675. The highest BCUT2D eigenvalue weighted by Crippen LogP contribution is 2.20. The van der Waals surface area contributed by atoms with E-state index in [0.717, 1.165) is 44.3 Å². The van der Waals surface area contributed by atoms with Gasteiger partial charge in [0.2, 0.25) is 5.91 Å². The third kappa shape index (κ3) is 5.31. The highest BCUT2D eigenvalue weighted by Gasteiger charge is 2.23. The van der Waals surface area contributed by atoms with Crippen LogP contribution in [0.5, 0.6) is 5.75 Å². The van der Waals surface area contributed by atoms with E-state index in [0.29, 0.717) is 24.7 Å². The Hall–Kier alpha value is -2.37. The van der Waals surface area contributed by atoms with Gasteiger partial charge in [-0.2, -0.15) is 5.10 Å². The maximum Gasteiger partial charge on any atom is 0.222 e. The van der Waals surface area contributed by atoms with Gasteiger partial charge in [-0.05, 0) is 43.4 Å². The third-order valence-corrected chi connectivity index (χ3v) is 4.56. The number of aryl methyl sites for hydroxylation is 1. The van der Waals surface area contributed by atoms with Crippen LogP contribution in [-0.2, 0) is 11.2 Å². The normalized spacial score (nSPS) is 17.5. The van der Waals surface area contributed by atoms with Gasteiger partial charge in [-0.1, -0.05) is 6.07 Å². The fourth-order valence-corrected chi connectivity index (χ4v) is 3.21. The molecule has 134 valence electrons. The molecule has 5 nitrogen and oxygen atoms in total. The summed E-state index contributed by atoms with van der Waals surface area (Å²) in [5.74, 6) is 0.757. The molecule has 1 aliphatic heterocycles. The summed E-state index contributed by atoms with van der Waals surface area (Å²) in [6, 6.07) is 6.19. The molecule has 1 aromatic heterocycles. The Morgan fingerprint density at radius 1 is 1.44 bits per heavy atom. The highest BCUT2D eigenvalue weighted by molar-refractivity contribution is 5.76. The monoisotopic (exact) mass is 345 g/mol. The molecule has 3 rings (SSSR count). The fourth-order valence-electron chi connectivity index (χ4n) is 3.21. The molecule has 25 heavy (non-hydrogen) atoms. The summed E-state index contributed by atoms with van der Waals surface area (Å²) in [6.45, 7) is 2.06. The lowest BCUT2D eigenvalue weighted by Gasteiger charge is -2.32. The van der Waals surface area contributed by atoms with Crippen molar-refractivity contribution in [3.63, 3.8) is 0 Å². The number of hydrogen-bond acceptors (Lipinski definition) is 3. The van der Waals surface area contributed by atoms with Crippen LogP contribution in [0.3, 0.4) is 0 Å². The lowest BCUT2D eigenvalue weighted by atomic mass is 9.98. The number of nitrogens with zero attached hydrogens (tertiary/aromatic N) is 2. The number of amides is 1. The molecule has 1 N–H and O–H groups in total. The molecular weight excluding hydrogens is 321 g/mol. The number of hydrogen-bond donors (Lipinski definition) is 1. The Morgan fingerprint density at radius 2 is 2.36 bits per heavy atom. The second-order valence-electron chi connectivity index (χ2n) is 6.58. The predicted octanol–water partition coefficient (Wildman–Crippen LogP) is 3.19. The van der Waals surface area contributed by atoms with Gasteiger partial charge < -0.3 is 9.64 Å². The first-order chi connectivity index (χ1) is 12.2. The number of H-pyrrole nitrogens is 1. The second kappa shape index (κ2) is 8.65. The average molecular weight is 345 g/mol. The Labute approximate surface area is 147 Å². The average Bonchev–Trinajstić information content (AvgIpc) is 3.14. The Kier molecular flexibility index (Phi) is 6.04. The molecule has 0 unspecified atom stereocenters. The smallest absolute Gasteiger partial charge is 0.222 e. The van der Waals surface area contributed by atoms with Crippen molar-refractivity contribution in [2.75, 3.05) is 19.7 Å². The van der Waals surface area contributed by atoms with Crippen LogP contribution in [-0.4, -0.2) is 40.7 Å². The first-order valence-corrected chi connectivity index (χ1v) is 8.84. The molecule has 6 heteroatoms. The Balaban J connectivity index is 1.41. The largest absolute Gasteiger partial charge is 0.493 e. The summed E-state index contributed by atoms with van der Waals surface area (Å²) < 4.78 is 18.9. The zero-order valence-electron chi connectivity index (χ0n) is 14.3. The minimum atomic E-state index is -0.296. The van der Waals surface area contributed by atoms with Gasteiger partial charge >= 0.3 is 0 Å². The molecule has 0 aliphatic carbocycles. The van der Waals surface area contributed by atoms with E-state index in [2.05, 4.69) is 10.2 Å². The van der Waals surface area contributed by atoms with E-state index in [-0.39, 0.29) is 11.7 Å². The standard InChI is InChI=1S/C19H24FN3O2/c20-17-6-2-7-18(10-17)25-14-16-5-3-9-23(13-16)19(24)8-1-4-15-11-21-22-12-15/h2,6-7,10-12,16H,1,3-5,8-9,13-14H2,(H,21,22)/t16-/m0/s1. The topological polar surface area (TPSA) is 58.2 Å². The summed E-state index contributed by atoms with van der Waals surface area (Å²) in [6.07, 6.45) is 7.94. The third-order valence-electron chi connectivity index (χ3n) is 4.56. The molecule has 1 amide bonds. The molecule has 2 heterocycles. The van der Waals surface area contributed by atoms with Crippen LogP contribution in [0.15, 0.2) is 36.7 Å². The molecule has 1 saturated heterocycles. The van der Waals surface area contributed by atoms with E-state index < -0.39 is 0 Å². The van der Waals surface area contributed by atoms with E-state index in [9.17, 15) is 9.18 Å². The van der Waals surface area contributed by atoms with Gasteiger partial charge in [0, 0.05) is 37.7 Å². The van der Waals surface area contributed by atoms with Gasteiger partial charge in [0.1, 0.15) is 11.6 Å².